The maximum Gasteiger partial charge on any atom is 0.103 e. The van der Waals surface area contributed by atoms with Crippen molar-refractivity contribution in [2.24, 2.45) is 0 Å². The van der Waals surface area contributed by atoms with Crippen LogP contribution in [0.15, 0.2) is 24.3 Å². The molecule has 0 radical (unpaired) electrons. The molecule has 1 N–H and O–H groups in total. The molecule has 1 rings (SSSR count). The van der Waals surface area contributed by atoms with Crippen LogP contribution < -0.4 is 5.32 Å². The zero-order valence-electron chi connectivity index (χ0n) is 6.41. The summed E-state index contributed by atoms with van der Waals surface area (Å²) in [5.41, 5.74) is 1.27. The molecule has 0 unspecified atom stereocenters. The summed E-state index contributed by atoms with van der Waals surface area (Å²) >= 11 is 0. The van der Waals surface area contributed by atoms with E-state index in [1.807, 2.05) is 18.2 Å². The van der Waals surface area contributed by atoms with E-state index in [4.69, 9.17) is 10.5 Å². The van der Waals surface area contributed by atoms with Crippen LogP contribution in [0.4, 0.5) is 5.69 Å². The molecule has 0 amide bonds. The molecule has 0 fully saturated rings. The first kappa shape index (κ1) is 8.10. The van der Waals surface area contributed by atoms with Gasteiger partial charge in [-0.2, -0.15) is 10.5 Å². The summed E-state index contributed by atoms with van der Waals surface area (Å²) < 4.78 is 0. The molecule has 3 heteroatoms. The molecule has 0 atom stereocenters. The van der Waals surface area contributed by atoms with E-state index in [1.54, 1.807) is 18.2 Å². The molecule has 0 aliphatic heterocycles. The van der Waals surface area contributed by atoms with Gasteiger partial charge in [0.15, 0.2) is 0 Å². The summed E-state index contributed by atoms with van der Waals surface area (Å²) in [6.07, 6.45) is 0. The van der Waals surface area contributed by atoms with Gasteiger partial charge in [-0.15, -0.1) is 0 Å². The van der Waals surface area contributed by atoms with E-state index in [0.717, 1.165) is 0 Å². The number of rotatable bonds is 2. The molecule has 0 saturated heterocycles. The van der Waals surface area contributed by atoms with E-state index in [-0.39, 0.29) is 6.54 Å². The van der Waals surface area contributed by atoms with E-state index in [2.05, 4.69) is 5.32 Å². The summed E-state index contributed by atoms with van der Waals surface area (Å²) in [7, 11) is 0. The van der Waals surface area contributed by atoms with E-state index in [0.29, 0.717) is 11.3 Å². The molecule has 12 heavy (non-hydrogen) atoms. The third-order valence-electron chi connectivity index (χ3n) is 1.41. The van der Waals surface area contributed by atoms with Gasteiger partial charge in [0.05, 0.1) is 17.3 Å². The summed E-state index contributed by atoms with van der Waals surface area (Å²) in [6, 6.07) is 11.1. The number of anilines is 1. The Balaban J connectivity index is 2.86. The lowest BCUT2D eigenvalue weighted by molar-refractivity contribution is 1.31. The second-order valence-electron chi connectivity index (χ2n) is 2.17. The predicted molar refractivity (Wildman–Crippen MR) is 45.3 cm³/mol. The van der Waals surface area contributed by atoms with Gasteiger partial charge in [-0.25, -0.2) is 0 Å². The maximum atomic E-state index is 8.64. The molecule has 0 bridgehead atoms. The lowest BCUT2D eigenvalue weighted by Gasteiger charge is -2.01. The molecule has 0 aliphatic rings. The number of hydrogen-bond acceptors (Lipinski definition) is 3. The molecule has 58 valence electrons. The Morgan fingerprint density at radius 3 is 2.67 bits per heavy atom. The van der Waals surface area contributed by atoms with Crippen LogP contribution in [0, 0.1) is 22.7 Å². The Hall–Kier alpha value is -2.00. The SMILES string of the molecule is N#CCNc1ccccc1C#N. The Bertz CT molecular complexity index is 344. The van der Waals surface area contributed by atoms with E-state index in [9.17, 15) is 0 Å². The van der Waals surface area contributed by atoms with Gasteiger partial charge in [-0.05, 0) is 12.1 Å². The molecule has 0 heterocycles. The van der Waals surface area contributed by atoms with Gasteiger partial charge in [0, 0.05) is 0 Å². The predicted octanol–water partition coefficient (Wildman–Crippen LogP) is 1.49. The number of nitrogens with one attached hydrogen (secondary N) is 1. The Labute approximate surface area is 70.9 Å². The summed E-state index contributed by atoms with van der Waals surface area (Å²) in [5, 5.41) is 19.8. The largest absolute Gasteiger partial charge is 0.371 e. The molecule has 0 spiro atoms. The van der Waals surface area contributed by atoms with E-state index >= 15 is 0 Å². The third-order valence-corrected chi connectivity index (χ3v) is 1.41. The first-order chi connectivity index (χ1) is 5.88. The minimum atomic E-state index is 0.221. The Morgan fingerprint density at radius 2 is 2.00 bits per heavy atom. The van der Waals surface area contributed by atoms with Gasteiger partial charge in [-0.1, -0.05) is 12.1 Å². The topological polar surface area (TPSA) is 59.6 Å². The van der Waals surface area contributed by atoms with Crippen molar-refractivity contribution in [2.75, 3.05) is 11.9 Å². The highest BCUT2D eigenvalue weighted by atomic mass is 14.9. The smallest absolute Gasteiger partial charge is 0.103 e. The molecular weight excluding hydrogens is 150 g/mol. The Kier molecular flexibility index (Phi) is 2.70. The van der Waals surface area contributed by atoms with Gasteiger partial charge in [-0.3, -0.25) is 0 Å². The molecule has 1 aromatic carbocycles. The highest BCUT2D eigenvalue weighted by Gasteiger charge is 1.97. The maximum absolute atomic E-state index is 8.64. The van der Waals surface area contributed by atoms with E-state index in [1.165, 1.54) is 0 Å². The van der Waals surface area contributed by atoms with Crippen molar-refractivity contribution >= 4 is 5.69 Å². The molecule has 0 aliphatic carbocycles. The third kappa shape index (κ3) is 1.74. The van der Waals surface area contributed by atoms with E-state index < -0.39 is 0 Å². The number of para-hydroxylation sites is 1. The molecular formula is C9H7N3. The average Bonchev–Trinajstić information content (AvgIpc) is 2.15. The summed E-state index contributed by atoms with van der Waals surface area (Å²) in [4.78, 5) is 0. The number of benzene rings is 1. The zero-order valence-corrected chi connectivity index (χ0v) is 6.41. The highest BCUT2D eigenvalue weighted by Crippen LogP contribution is 2.12. The quantitative estimate of drug-likeness (QED) is 0.661. The van der Waals surface area contributed by atoms with Crippen LogP contribution in [-0.2, 0) is 0 Å². The van der Waals surface area contributed by atoms with Crippen molar-refractivity contribution in [1.82, 2.24) is 0 Å². The van der Waals surface area contributed by atoms with Gasteiger partial charge in [0.25, 0.3) is 0 Å². The van der Waals surface area contributed by atoms with Crippen LogP contribution >= 0.6 is 0 Å². The molecule has 3 nitrogen and oxygen atoms in total. The van der Waals surface area contributed by atoms with Crippen LogP contribution in [-0.4, -0.2) is 6.54 Å². The second kappa shape index (κ2) is 4.00. The lowest BCUT2D eigenvalue weighted by Crippen LogP contribution is -1.99. The number of hydrogen-bond donors (Lipinski definition) is 1. The second-order valence-corrected chi connectivity index (χ2v) is 2.17. The minimum absolute atomic E-state index is 0.221. The highest BCUT2D eigenvalue weighted by molar-refractivity contribution is 5.57. The summed E-state index contributed by atoms with van der Waals surface area (Å²) in [5.74, 6) is 0. The molecule has 0 aromatic heterocycles. The van der Waals surface area contributed by atoms with Gasteiger partial charge < -0.3 is 5.32 Å². The normalized spacial score (nSPS) is 8.17. The van der Waals surface area contributed by atoms with Crippen LogP contribution in [0.25, 0.3) is 0 Å². The van der Waals surface area contributed by atoms with Crippen LogP contribution in [0.2, 0.25) is 0 Å². The zero-order chi connectivity index (χ0) is 8.81. The first-order valence-electron chi connectivity index (χ1n) is 3.48. The molecule has 1 aromatic rings. The van der Waals surface area contributed by atoms with Crippen molar-refractivity contribution in [3.05, 3.63) is 29.8 Å². The minimum Gasteiger partial charge on any atom is -0.371 e. The number of nitrogens with zero attached hydrogens (tertiary/aromatic N) is 2. The van der Waals surface area contributed by atoms with Crippen LogP contribution in [0.5, 0.6) is 0 Å². The van der Waals surface area contributed by atoms with Crippen molar-refractivity contribution in [3.63, 3.8) is 0 Å². The lowest BCUT2D eigenvalue weighted by atomic mass is 10.2. The fraction of sp³-hybridized carbons (Fsp3) is 0.111. The van der Waals surface area contributed by atoms with Crippen molar-refractivity contribution in [1.29, 1.82) is 10.5 Å². The summed E-state index contributed by atoms with van der Waals surface area (Å²) in [6.45, 7) is 0.221. The monoisotopic (exact) mass is 157 g/mol. The standard InChI is InChI=1S/C9H7N3/c10-5-6-12-9-4-2-1-3-8(9)7-11/h1-4,12H,6H2. The van der Waals surface area contributed by atoms with Crippen molar-refractivity contribution in [3.8, 4) is 12.1 Å². The fourth-order valence-corrected chi connectivity index (χ4v) is 0.870. The average molecular weight is 157 g/mol. The first-order valence-corrected chi connectivity index (χ1v) is 3.48. The fourth-order valence-electron chi connectivity index (χ4n) is 0.870. The van der Waals surface area contributed by atoms with Gasteiger partial charge in [0.1, 0.15) is 12.6 Å². The van der Waals surface area contributed by atoms with Gasteiger partial charge in [0.2, 0.25) is 0 Å². The van der Waals surface area contributed by atoms with Crippen LogP contribution in [0.3, 0.4) is 0 Å². The number of nitriles is 2. The van der Waals surface area contributed by atoms with Crippen LogP contribution in [0.1, 0.15) is 5.56 Å². The van der Waals surface area contributed by atoms with Crippen molar-refractivity contribution < 1.29 is 0 Å². The van der Waals surface area contributed by atoms with Crippen molar-refractivity contribution in [2.45, 2.75) is 0 Å². The molecule has 0 saturated carbocycles. The van der Waals surface area contributed by atoms with Gasteiger partial charge >= 0.3 is 0 Å². The Morgan fingerprint density at radius 1 is 1.25 bits per heavy atom.